The van der Waals surface area contributed by atoms with E-state index in [9.17, 15) is 4.79 Å². The predicted molar refractivity (Wildman–Crippen MR) is 87.4 cm³/mol. The number of furan rings is 1. The molecule has 3 rings (SSSR count). The van der Waals surface area contributed by atoms with Crippen LogP contribution in [-0.2, 0) is 11.3 Å². The van der Waals surface area contributed by atoms with Gasteiger partial charge in [0.15, 0.2) is 5.76 Å². The number of aliphatic carboxylic acids is 1. The van der Waals surface area contributed by atoms with Crippen molar-refractivity contribution in [3.05, 3.63) is 30.2 Å². The van der Waals surface area contributed by atoms with E-state index in [1.807, 2.05) is 30.1 Å². The second kappa shape index (κ2) is 7.63. The van der Waals surface area contributed by atoms with Gasteiger partial charge < -0.3 is 14.0 Å². The summed E-state index contributed by atoms with van der Waals surface area (Å²) in [5, 5.41) is 13.1. The van der Waals surface area contributed by atoms with Gasteiger partial charge in [0.2, 0.25) is 5.76 Å². The molecule has 1 fully saturated rings. The smallest absolute Gasteiger partial charge is 0.317 e. The minimum Gasteiger partial charge on any atom is -0.480 e. The Morgan fingerprint density at radius 1 is 1.42 bits per heavy atom. The van der Waals surface area contributed by atoms with E-state index in [-0.39, 0.29) is 6.54 Å². The molecule has 1 atom stereocenters. The van der Waals surface area contributed by atoms with Crippen molar-refractivity contribution in [2.45, 2.75) is 31.8 Å². The summed E-state index contributed by atoms with van der Waals surface area (Å²) in [5.74, 6) is 0.551. The van der Waals surface area contributed by atoms with Crippen molar-refractivity contribution < 1.29 is 18.8 Å². The first kappa shape index (κ1) is 16.7. The summed E-state index contributed by atoms with van der Waals surface area (Å²) in [5.41, 5.74) is 0.888. The molecule has 0 aromatic carbocycles. The number of likely N-dealkylation sites (N-methyl/N-ethyl adjacent to an activating group) is 1. The molecule has 1 unspecified atom stereocenters. The van der Waals surface area contributed by atoms with Gasteiger partial charge in [0.25, 0.3) is 0 Å². The summed E-state index contributed by atoms with van der Waals surface area (Å²) < 4.78 is 10.7. The summed E-state index contributed by atoms with van der Waals surface area (Å²) in [6.07, 6.45) is 4.65. The van der Waals surface area contributed by atoms with Crippen LogP contribution in [0.15, 0.2) is 33.4 Å². The molecule has 7 nitrogen and oxygen atoms in total. The number of aromatic nitrogens is 1. The summed E-state index contributed by atoms with van der Waals surface area (Å²) >= 11 is 0. The monoisotopic (exact) mass is 333 g/mol. The molecule has 1 saturated heterocycles. The molecule has 1 aliphatic heterocycles. The summed E-state index contributed by atoms with van der Waals surface area (Å²) in [7, 11) is 1.89. The zero-order valence-corrected chi connectivity index (χ0v) is 13.9. The minimum atomic E-state index is -0.772. The van der Waals surface area contributed by atoms with Gasteiger partial charge in [0.05, 0.1) is 18.5 Å². The number of carboxylic acid groups (broad SMARTS) is 1. The molecule has 3 heterocycles. The Hall–Kier alpha value is -2.12. The molecule has 2 aromatic heterocycles. The average Bonchev–Trinajstić information content (AvgIpc) is 3.15. The van der Waals surface area contributed by atoms with E-state index in [0.29, 0.717) is 17.6 Å². The van der Waals surface area contributed by atoms with E-state index in [2.05, 4.69) is 10.1 Å². The maximum atomic E-state index is 10.9. The predicted octanol–water partition coefficient (Wildman–Crippen LogP) is 2.31. The van der Waals surface area contributed by atoms with Gasteiger partial charge in [0, 0.05) is 25.2 Å². The molecule has 130 valence electrons. The van der Waals surface area contributed by atoms with E-state index in [1.165, 1.54) is 0 Å². The lowest BCUT2D eigenvalue weighted by molar-refractivity contribution is -0.138. The van der Waals surface area contributed by atoms with Gasteiger partial charge >= 0.3 is 5.97 Å². The van der Waals surface area contributed by atoms with Crippen LogP contribution in [0.1, 0.15) is 25.0 Å². The fourth-order valence-electron chi connectivity index (χ4n) is 3.23. The van der Waals surface area contributed by atoms with E-state index in [4.69, 9.17) is 14.0 Å². The van der Waals surface area contributed by atoms with Crippen molar-refractivity contribution in [3.63, 3.8) is 0 Å². The fourth-order valence-corrected chi connectivity index (χ4v) is 3.23. The Labute approximate surface area is 140 Å². The second-order valence-corrected chi connectivity index (χ2v) is 6.33. The lowest BCUT2D eigenvalue weighted by Gasteiger charge is -2.25. The molecule has 2 aromatic rings. The molecule has 24 heavy (non-hydrogen) atoms. The number of carboxylic acids is 1. The van der Waals surface area contributed by atoms with Crippen molar-refractivity contribution >= 4 is 5.97 Å². The van der Waals surface area contributed by atoms with Gasteiger partial charge in [-0.1, -0.05) is 5.16 Å². The lowest BCUT2D eigenvalue weighted by atomic mass is 10.1. The summed E-state index contributed by atoms with van der Waals surface area (Å²) in [4.78, 5) is 15.2. The molecule has 0 aliphatic carbocycles. The number of hydrogen-bond donors (Lipinski definition) is 1. The highest BCUT2D eigenvalue weighted by Crippen LogP contribution is 2.22. The van der Waals surface area contributed by atoms with Crippen molar-refractivity contribution in [2.24, 2.45) is 0 Å². The van der Waals surface area contributed by atoms with Crippen molar-refractivity contribution in [1.29, 1.82) is 0 Å². The molecule has 0 amide bonds. The van der Waals surface area contributed by atoms with Gasteiger partial charge in [-0.3, -0.25) is 14.6 Å². The minimum absolute atomic E-state index is 0.0977. The first-order valence-corrected chi connectivity index (χ1v) is 8.25. The fraction of sp³-hybridized carbons (Fsp3) is 0.529. The Bertz CT molecular complexity index is 653. The zero-order chi connectivity index (χ0) is 16.9. The SMILES string of the molecule is CN(CC(=O)O)C1CCCN(Cc2cc(-c3ccco3)on2)CC1. The van der Waals surface area contributed by atoms with Crippen LogP contribution in [0.2, 0.25) is 0 Å². The first-order valence-electron chi connectivity index (χ1n) is 8.25. The average molecular weight is 333 g/mol. The largest absolute Gasteiger partial charge is 0.480 e. The van der Waals surface area contributed by atoms with Crippen LogP contribution in [0.4, 0.5) is 0 Å². The highest BCUT2D eigenvalue weighted by atomic mass is 16.5. The highest BCUT2D eigenvalue weighted by Gasteiger charge is 2.22. The van der Waals surface area contributed by atoms with Crippen molar-refractivity contribution in [2.75, 3.05) is 26.7 Å². The third-order valence-corrected chi connectivity index (χ3v) is 4.51. The van der Waals surface area contributed by atoms with Gasteiger partial charge in [-0.15, -0.1) is 0 Å². The molecule has 1 aliphatic rings. The van der Waals surface area contributed by atoms with E-state index >= 15 is 0 Å². The third kappa shape index (κ3) is 4.24. The highest BCUT2D eigenvalue weighted by molar-refractivity contribution is 5.69. The maximum absolute atomic E-state index is 10.9. The van der Waals surface area contributed by atoms with Crippen molar-refractivity contribution in [1.82, 2.24) is 15.0 Å². The Balaban J connectivity index is 1.54. The first-order chi connectivity index (χ1) is 11.6. The van der Waals surface area contributed by atoms with E-state index in [0.717, 1.165) is 44.6 Å². The van der Waals surface area contributed by atoms with Crippen molar-refractivity contribution in [3.8, 4) is 11.5 Å². The number of carbonyl (C=O) groups is 1. The maximum Gasteiger partial charge on any atom is 0.317 e. The third-order valence-electron chi connectivity index (χ3n) is 4.51. The van der Waals surface area contributed by atoms with Crippen LogP contribution in [0.5, 0.6) is 0 Å². The zero-order valence-electron chi connectivity index (χ0n) is 13.9. The van der Waals surface area contributed by atoms with Crippen LogP contribution in [-0.4, -0.2) is 58.8 Å². The Kier molecular flexibility index (Phi) is 5.32. The summed E-state index contributed by atoms with van der Waals surface area (Å²) in [6, 6.07) is 5.90. The van der Waals surface area contributed by atoms with Crippen LogP contribution < -0.4 is 0 Å². The normalized spacial score (nSPS) is 19.5. The Morgan fingerprint density at radius 2 is 2.29 bits per heavy atom. The second-order valence-electron chi connectivity index (χ2n) is 6.33. The van der Waals surface area contributed by atoms with E-state index in [1.54, 1.807) is 6.26 Å². The van der Waals surface area contributed by atoms with Crippen LogP contribution >= 0.6 is 0 Å². The molecule has 0 saturated carbocycles. The molecular weight excluding hydrogens is 310 g/mol. The Morgan fingerprint density at radius 3 is 3.04 bits per heavy atom. The number of rotatable bonds is 6. The molecule has 7 heteroatoms. The van der Waals surface area contributed by atoms with Gasteiger partial charge in [0.1, 0.15) is 0 Å². The quantitative estimate of drug-likeness (QED) is 0.868. The molecular formula is C17H23N3O4. The number of nitrogens with zero attached hydrogens (tertiary/aromatic N) is 3. The summed E-state index contributed by atoms with van der Waals surface area (Å²) in [6.45, 7) is 2.75. The lowest BCUT2D eigenvalue weighted by Crippen LogP contribution is -2.36. The van der Waals surface area contributed by atoms with Gasteiger partial charge in [-0.25, -0.2) is 0 Å². The van der Waals surface area contributed by atoms with Crippen LogP contribution in [0, 0.1) is 0 Å². The molecule has 0 radical (unpaired) electrons. The molecule has 0 bridgehead atoms. The molecule has 0 spiro atoms. The van der Waals surface area contributed by atoms with Crippen LogP contribution in [0.25, 0.3) is 11.5 Å². The molecule has 1 N–H and O–H groups in total. The topological polar surface area (TPSA) is 83.0 Å². The van der Waals surface area contributed by atoms with E-state index < -0.39 is 5.97 Å². The van der Waals surface area contributed by atoms with Gasteiger partial charge in [-0.2, -0.15) is 0 Å². The standard InChI is InChI=1S/C17H23N3O4/c1-19(12-17(21)22)14-4-2-7-20(8-6-14)11-13-10-16(24-18-13)15-5-3-9-23-15/h3,5,9-10,14H,2,4,6-8,11-12H2,1H3,(H,21,22). The van der Waals surface area contributed by atoms with Gasteiger partial charge in [-0.05, 0) is 45.0 Å². The van der Waals surface area contributed by atoms with Crippen LogP contribution in [0.3, 0.4) is 0 Å². The number of likely N-dealkylation sites (tertiary alicyclic amines) is 1. The number of hydrogen-bond acceptors (Lipinski definition) is 6.